The van der Waals surface area contributed by atoms with Gasteiger partial charge in [-0.1, -0.05) is 19.1 Å². The second kappa shape index (κ2) is 9.08. The van der Waals surface area contributed by atoms with E-state index < -0.39 is 0 Å². The van der Waals surface area contributed by atoms with Gasteiger partial charge in [-0.3, -0.25) is 9.80 Å². The maximum Gasteiger partial charge on any atom is 0.165 e. The van der Waals surface area contributed by atoms with Crippen LogP contribution in [0.5, 0.6) is 5.75 Å². The molecule has 0 radical (unpaired) electrons. The van der Waals surface area contributed by atoms with Crippen LogP contribution >= 0.6 is 0 Å². The molecule has 0 aliphatic carbocycles. The van der Waals surface area contributed by atoms with Crippen LogP contribution in [0.25, 0.3) is 0 Å². The molecule has 4 nitrogen and oxygen atoms in total. The van der Waals surface area contributed by atoms with Gasteiger partial charge in [0.2, 0.25) is 0 Å². The van der Waals surface area contributed by atoms with Gasteiger partial charge in [0.25, 0.3) is 0 Å². The molecular formula is C17H27FN2O2. The van der Waals surface area contributed by atoms with Crippen molar-refractivity contribution in [1.82, 2.24) is 9.80 Å². The Morgan fingerprint density at radius 2 is 2.00 bits per heavy atom. The number of nitrogens with zero attached hydrogens (tertiary/aromatic N) is 2. The fraction of sp³-hybridized carbons (Fsp3) is 0.647. The lowest BCUT2D eigenvalue weighted by Crippen LogP contribution is -2.54. The molecule has 2 rings (SSSR count). The number of hydrogen-bond donors (Lipinski definition) is 0. The summed E-state index contributed by atoms with van der Waals surface area (Å²) in [7, 11) is 1.75. The lowest BCUT2D eigenvalue weighted by atomic mass is 10.1. The third kappa shape index (κ3) is 4.93. The van der Waals surface area contributed by atoms with Gasteiger partial charge in [-0.25, -0.2) is 4.39 Å². The van der Waals surface area contributed by atoms with Crippen molar-refractivity contribution in [3.8, 4) is 5.75 Å². The standard InChI is InChI=1S/C17H27FN2O2/c1-3-15-14-19(8-9-20(15)11-12-21-2)10-13-22-17-7-5-4-6-16(17)18/h4-7,15H,3,8-14H2,1-2H3/t15-/m0/s1. The monoisotopic (exact) mass is 310 g/mol. The van der Waals surface area contributed by atoms with Crippen LogP contribution in [0.3, 0.4) is 0 Å². The van der Waals surface area contributed by atoms with Crippen molar-refractivity contribution in [2.75, 3.05) is 53.0 Å². The zero-order valence-electron chi connectivity index (χ0n) is 13.6. The molecule has 1 aromatic carbocycles. The SMILES string of the molecule is CC[C@H]1CN(CCOc2ccccc2F)CCN1CCOC. The Labute approximate surface area is 132 Å². The van der Waals surface area contributed by atoms with E-state index in [1.165, 1.54) is 6.07 Å². The Morgan fingerprint density at radius 1 is 1.18 bits per heavy atom. The topological polar surface area (TPSA) is 24.9 Å². The minimum atomic E-state index is -0.293. The van der Waals surface area contributed by atoms with Crippen molar-refractivity contribution in [2.24, 2.45) is 0 Å². The summed E-state index contributed by atoms with van der Waals surface area (Å²) in [6.45, 7) is 8.49. The van der Waals surface area contributed by atoms with E-state index >= 15 is 0 Å². The molecule has 1 aliphatic heterocycles. The van der Waals surface area contributed by atoms with Crippen LogP contribution < -0.4 is 4.74 Å². The first-order chi connectivity index (χ1) is 10.7. The number of hydrogen-bond acceptors (Lipinski definition) is 4. The molecule has 5 heteroatoms. The summed E-state index contributed by atoms with van der Waals surface area (Å²) in [6, 6.07) is 7.13. The van der Waals surface area contributed by atoms with E-state index in [1.54, 1.807) is 25.3 Å². The Bertz CT molecular complexity index is 444. The average molecular weight is 310 g/mol. The molecule has 0 amide bonds. The van der Waals surface area contributed by atoms with Gasteiger partial charge in [-0.2, -0.15) is 0 Å². The molecule has 0 N–H and O–H groups in total. The first-order valence-corrected chi connectivity index (χ1v) is 8.07. The number of piperazine rings is 1. The van der Waals surface area contributed by atoms with Gasteiger partial charge in [0.1, 0.15) is 6.61 Å². The van der Waals surface area contributed by atoms with Crippen LogP contribution in [0.2, 0.25) is 0 Å². The first kappa shape index (κ1) is 17.2. The molecule has 0 aromatic heterocycles. The van der Waals surface area contributed by atoms with Crippen LogP contribution in [0.4, 0.5) is 4.39 Å². The third-order valence-corrected chi connectivity index (χ3v) is 4.24. The summed E-state index contributed by atoms with van der Waals surface area (Å²) < 4.78 is 24.2. The number of ether oxygens (including phenoxy) is 2. The van der Waals surface area contributed by atoms with Crippen molar-refractivity contribution >= 4 is 0 Å². The van der Waals surface area contributed by atoms with Crippen LogP contribution in [0.1, 0.15) is 13.3 Å². The molecule has 0 unspecified atom stereocenters. The zero-order chi connectivity index (χ0) is 15.8. The highest BCUT2D eigenvalue weighted by atomic mass is 19.1. The number of rotatable bonds is 8. The molecule has 1 fully saturated rings. The smallest absolute Gasteiger partial charge is 0.165 e. The predicted molar refractivity (Wildman–Crippen MR) is 85.9 cm³/mol. The lowest BCUT2D eigenvalue weighted by Gasteiger charge is -2.41. The summed E-state index contributed by atoms with van der Waals surface area (Å²) in [5.74, 6) is 0.0478. The van der Waals surface area contributed by atoms with Crippen LogP contribution in [0, 0.1) is 5.82 Å². The number of benzene rings is 1. The third-order valence-electron chi connectivity index (χ3n) is 4.24. The second-order valence-corrected chi connectivity index (χ2v) is 5.67. The van der Waals surface area contributed by atoms with Gasteiger partial charge in [0.05, 0.1) is 6.61 Å². The van der Waals surface area contributed by atoms with E-state index in [1.807, 2.05) is 0 Å². The van der Waals surface area contributed by atoms with Crippen molar-refractivity contribution in [2.45, 2.75) is 19.4 Å². The fourth-order valence-electron chi connectivity index (χ4n) is 2.90. The zero-order valence-corrected chi connectivity index (χ0v) is 13.6. The van der Waals surface area contributed by atoms with E-state index in [-0.39, 0.29) is 5.82 Å². The van der Waals surface area contributed by atoms with Gasteiger partial charge in [-0.15, -0.1) is 0 Å². The molecule has 1 atom stereocenters. The Balaban J connectivity index is 1.74. The van der Waals surface area contributed by atoms with E-state index in [9.17, 15) is 4.39 Å². The van der Waals surface area contributed by atoms with E-state index in [2.05, 4.69) is 16.7 Å². The normalized spacial score (nSPS) is 20.2. The van der Waals surface area contributed by atoms with Gasteiger partial charge in [0.15, 0.2) is 11.6 Å². The van der Waals surface area contributed by atoms with Crippen LogP contribution in [-0.2, 0) is 4.74 Å². The molecule has 1 aromatic rings. The summed E-state index contributed by atoms with van der Waals surface area (Å²) in [5.41, 5.74) is 0. The van der Waals surface area contributed by atoms with Gasteiger partial charge < -0.3 is 9.47 Å². The molecule has 0 spiro atoms. The highest BCUT2D eigenvalue weighted by Gasteiger charge is 2.25. The maximum atomic E-state index is 13.5. The Hall–Kier alpha value is -1.17. The quantitative estimate of drug-likeness (QED) is 0.735. The summed E-state index contributed by atoms with van der Waals surface area (Å²) in [5, 5.41) is 0. The number of para-hydroxylation sites is 1. The van der Waals surface area contributed by atoms with Crippen molar-refractivity contribution in [1.29, 1.82) is 0 Å². The molecule has 124 valence electrons. The molecule has 0 bridgehead atoms. The summed E-state index contributed by atoms with van der Waals surface area (Å²) in [6.07, 6.45) is 1.13. The highest BCUT2D eigenvalue weighted by molar-refractivity contribution is 5.23. The van der Waals surface area contributed by atoms with Crippen molar-refractivity contribution in [3.05, 3.63) is 30.1 Å². The Kier molecular flexibility index (Phi) is 7.09. The van der Waals surface area contributed by atoms with E-state index in [0.717, 1.165) is 45.8 Å². The van der Waals surface area contributed by atoms with Gasteiger partial charge in [-0.05, 0) is 18.6 Å². The average Bonchev–Trinajstić information content (AvgIpc) is 2.55. The number of halogens is 1. The van der Waals surface area contributed by atoms with E-state index in [4.69, 9.17) is 9.47 Å². The van der Waals surface area contributed by atoms with Crippen molar-refractivity contribution < 1.29 is 13.9 Å². The minimum absolute atomic E-state index is 0.293. The van der Waals surface area contributed by atoms with Crippen LogP contribution in [-0.4, -0.2) is 68.9 Å². The van der Waals surface area contributed by atoms with Crippen LogP contribution in [0.15, 0.2) is 24.3 Å². The highest BCUT2D eigenvalue weighted by Crippen LogP contribution is 2.16. The molecular weight excluding hydrogens is 283 g/mol. The first-order valence-electron chi connectivity index (χ1n) is 8.07. The molecule has 1 heterocycles. The molecule has 1 aliphatic rings. The summed E-state index contributed by atoms with van der Waals surface area (Å²) >= 11 is 0. The second-order valence-electron chi connectivity index (χ2n) is 5.67. The minimum Gasteiger partial charge on any atom is -0.489 e. The van der Waals surface area contributed by atoms with Gasteiger partial charge >= 0.3 is 0 Å². The predicted octanol–water partition coefficient (Wildman–Crippen LogP) is 2.25. The maximum absolute atomic E-state index is 13.5. The van der Waals surface area contributed by atoms with Crippen molar-refractivity contribution in [3.63, 3.8) is 0 Å². The summed E-state index contributed by atoms with van der Waals surface area (Å²) in [4.78, 5) is 4.90. The van der Waals surface area contributed by atoms with E-state index in [0.29, 0.717) is 18.4 Å². The largest absolute Gasteiger partial charge is 0.489 e. The Morgan fingerprint density at radius 3 is 2.73 bits per heavy atom. The number of methoxy groups -OCH3 is 1. The fourth-order valence-corrected chi connectivity index (χ4v) is 2.90. The molecule has 0 saturated carbocycles. The lowest BCUT2D eigenvalue weighted by molar-refractivity contribution is 0.0441. The molecule has 1 saturated heterocycles. The molecule has 22 heavy (non-hydrogen) atoms. The van der Waals surface area contributed by atoms with Gasteiger partial charge in [0, 0.05) is 45.9 Å².